The number of nitrogens with zero attached hydrogens (tertiary/aromatic N) is 3. The molecular weight excluding hydrogens is 582 g/mol. The molecule has 0 radical (unpaired) electrons. The van der Waals surface area contributed by atoms with Gasteiger partial charge in [0.2, 0.25) is 5.91 Å². The van der Waals surface area contributed by atoms with Crippen LogP contribution in [0.25, 0.3) is 0 Å². The highest BCUT2D eigenvalue weighted by Gasteiger charge is 2.24. The van der Waals surface area contributed by atoms with Crippen LogP contribution in [0, 0.1) is 5.92 Å². The first kappa shape index (κ1) is 28.2. The first-order chi connectivity index (χ1) is 17.3. The van der Waals surface area contributed by atoms with E-state index >= 15 is 0 Å². The van der Waals surface area contributed by atoms with E-state index in [-0.39, 0.29) is 24.3 Å². The lowest BCUT2D eigenvalue weighted by molar-refractivity contribution is -0.132. The van der Waals surface area contributed by atoms with E-state index < -0.39 is 0 Å². The van der Waals surface area contributed by atoms with E-state index in [9.17, 15) is 9.59 Å². The van der Waals surface area contributed by atoms with Gasteiger partial charge >= 0.3 is 0 Å². The molecule has 0 aliphatic carbocycles. The topological polar surface area (TPSA) is 45.6 Å². The van der Waals surface area contributed by atoms with E-state index in [0.29, 0.717) is 25.2 Å². The second kappa shape index (κ2) is 13.8. The predicted octanol–water partition coefficient (Wildman–Crippen LogP) is 6.99. The van der Waals surface area contributed by atoms with Crippen molar-refractivity contribution in [3.63, 3.8) is 0 Å². The fourth-order valence-corrected chi connectivity index (χ4v) is 4.82. The lowest BCUT2D eigenvalue weighted by Crippen LogP contribution is -2.44. The quantitative estimate of drug-likeness (QED) is 0.220. The first-order valence-electron chi connectivity index (χ1n) is 12.5. The number of unbranched alkanes of at least 4 members (excludes halogenated alkanes) is 1. The molecule has 7 heteroatoms. The summed E-state index contributed by atoms with van der Waals surface area (Å²) in [5.74, 6) is 0.0935. The summed E-state index contributed by atoms with van der Waals surface area (Å²) in [5, 5.41) is 0. The van der Waals surface area contributed by atoms with Crippen LogP contribution in [0.4, 0.5) is 0 Å². The molecular formula is C29H35Br2N3O2. The van der Waals surface area contributed by atoms with Crippen molar-refractivity contribution in [2.45, 2.75) is 46.7 Å². The molecule has 1 heterocycles. The van der Waals surface area contributed by atoms with Gasteiger partial charge in [-0.1, -0.05) is 67.4 Å². The Balaban J connectivity index is 1.78. The highest BCUT2D eigenvalue weighted by atomic mass is 79.9. The number of halogens is 2. The Morgan fingerprint density at radius 1 is 0.944 bits per heavy atom. The van der Waals surface area contributed by atoms with Crippen molar-refractivity contribution in [2.24, 2.45) is 5.92 Å². The average Bonchev–Trinajstić information content (AvgIpc) is 3.28. The van der Waals surface area contributed by atoms with Gasteiger partial charge in [-0.2, -0.15) is 0 Å². The molecule has 2 aromatic carbocycles. The average molecular weight is 617 g/mol. The van der Waals surface area contributed by atoms with Gasteiger partial charge in [-0.05, 0) is 70.2 Å². The fourth-order valence-electron chi connectivity index (χ4n) is 4.10. The van der Waals surface area contributed by atoms with Crippen molar-refractivity contribution < 1.29 is 9.59 Å². The maximum atomic E-state index is 13.6. The lowest BCUT2D eigenvalue weighted by Gasteiger charge is -2.29. The van der Waals surface area contributed by atoms with E-state index in [1.165, 1.54) is 5.56 Å². The standard InChI is InChI=1S/C29H35Br2N3O2/c1-4-5-16-33(20-25-9-8-17-32(25)19-23-12-14-24(30)15-13-23)28(35)21-34(18-22(2)3)29(36)26-10-6-7-11-27(26)31/h6-15,17,22H,4-5,16,18-21H2,1-3H3. The van der Waals surface area contributed by atoms with Gasteiger partial charge in [0.15, 0.2) is 0 Å². The van der Waals surface area contributed by atoms with Crippen molar-refractivity contribution >= 4 is 43.7 Å². The second-order valence-electron chi connectivity index (χ2n) is 9.48. The number of hydrogen-bond donors (Lipinski definition) is 0. The molecule has 192 valence electrons. The normalized spacial score (nSPS) is 11.1. The van der Waals surface area contributed by atoms with Crippen LogP contribution < -0.4 is 0 Å². The summed E-state index contributed by atoms with van der Waals surface area (Å²) in [6.07, 6.45) is 3.97. The zero-order valence-electron chi connectivity index (χ0n) is 21.3. The zero-order valence-corrected chi connectivity index (χ0v) is 24.5. The maximum Gasteiger partial charge on any atom is 0.255 e. The number of aromatic nitrogens is 1. The van der Waals surface area contributed by atoms with Crippen molar-refractivity contribution in [3.05, 3.63) is 92.6 Å². The van der Waals surface area contributed by atoms with Crippen LogP contribution >= 0.6 is 31.9 Å². The number of hydrogen-bond acceptors (Lipinski definition) is 2. The van der Waals surface area contributed by atoms with Crippen LogP contribution in [0.3, 0.4) is 0 Å². The van der Waals surface area contributed by atoms with E-state index in [2.05, 4.69) is 81.6 Å². The molecule has 5 nitrogen and oxygen atoms in total. The first-order valence-corrected chi connectivity index (χ1v) is 14.1. The smallest absolute Gasteiger partial charge is 0.255 e. The van der Waals surface area contributed by atoms with Crippen LogP contribution in [0.1, 0.15) is 55.2 Å². The molecule has 0 saturated heterocycles. The predicted molar refractivity (Wildman–Crippen MR) is 153 cm³/mol. The second-order valence-corrected chi connectivity index (χ2v) is 11.3. The number of carbonyl (C=O) groups excluding carboxylic acids is 2. The van der Waals surface area contributed by atoms with Gasteiger partial charge in [0.1, 0.15) is 6.54 Å². The minimum atomic E-state index is -0.126. The monoisotopic (exact) mass is 615 g/mol. The van der Waals surface area contributed by atoms with Gasteiger partial charge in [-0.15, -0.1) is 0 Å². The number of rotatable bonds is 12. The molecule has 0 atom stereocenters. The third-order valence-corrected chi connectivity index (χ3v) is 7.20. The van der Waals surface area contributed by atoms with Gasteiger partial charge in [0, 0.05) is 40.5 Å². The summed E-state index contributed by atoms with van der Waals surface area (Å²) in [5.41, 5.74) is 2.86. The Kier molecular flexibility index (Phi) is 10.8. The summed E-state index contributed by atoms with van der Waals surface area (Å²) in [6, 6.07) is 19.8. The summed E-state index contributed by atoms with van der Waals surface area (Å²) in [6.45, 7) is 8.76. The van der Waals surface area contributed by atoms with Gasteiger partial charge in [0.25, 0.3) is 5.91 Å². The Bertz CT molecular complexity index is 1140. The molecule has 0 unspecified atom stereocenters. The molecule has 0 fully saturated rings. The molecule has 1 aromatic heterocycles. The molecule has 3 rings (SSSR count). The van der Waals surface area contributed by atoms with Gasteiger partial charge < -0.3 is 14.4 Å². The van der Waals surface area contributed by atoms with Crippen LogP contribution in [-0.4, -0.2) is 45.8 Å². The number of benzene rings is 2. The van der Waals surface area contributed by atoms with Gasteiger partial charge in [0.05, 0.1) is 12.1 Å². The van der Waals surface area contributed by atoms with Crippen molar-refractivity contribution in [1.82, 2.24) is 14.4 Å². The molecule has 0 bridgehead atoms. The summed E-state index contributed by atoms with van der Waals surface area (Å²) < 4.78 is 3.98. The zero-order chi connectivity index (χ0) is 26.1. The van der Waals surface area contributed by atoms with E-state index in [1.54, 1.807) is 11.0 Å². The lowest BCUT2D eigenvalue weighted by atomic mass is 10.1. The Morgan fingerprint density at radius 3 is 2.33 bits per heavy atom. The fraction of sp³-hybridized carbons (Fsp3) is 0.379. The molecule has 0 N–H and O–H groups in total. The number of amides is 2. The molecule has 0 saturated carbocycles. The Labute approximate surface area is 231 Å². The summed E-state index contributed by atoms with van der Waals surface area (Å²) in [4.78, 5) is 30.6. The molecule has 0 aliphatic rings. The minimum Gasteiger partial charge on any atom is -0.345 e. The van der Waals surface area contributed by atoms with Crippen molar-refractivity contribution in [2.75, 3.05) is 19.6 Å². The van der Waals surface area contributed by atoms with Crippen molar-refractivity contribution in [1.29, 1.82) is 0 Å². The van der Waals surface area contributed by atoms with Crippen LogP contribution in [0.5, 0.6) is 0 Å². The Hall–Kier alpha value is -2.38. The van der Waals surface area contributed by atoms with Crippen LogP contribution in [-0.2, 0) is 17.9 Å². The SMILES string of the molecule is CCCCN(Cc1cccn1Cc1ccc(Br)cc1)C(=O)CN(CC(C)C)C(=O)c1ccccc1Br. The van der Waals surface area contributed by atoms with E-state index in [1.807, 2.05) is 41.3 Å². The summed E-state index contributed by atoms with van der Waals surface area (Å²) >= 11 is 6.98. The Morgan fingerprint density at radius 2 is 1.67 bits per heavy atom. The number of carbonyl (C=O) groups is 2. The van der Waals surface area contributed by atoms with Crippen LogP contribution in [0.15, 0.2) is 75.8 Å². The molecule has 3 aromatic rings. The van der Waals surface area contributed by atoms with E-state index in [4.69, 9.17) is 0 Å². The third kappa shape index (κ3) is 8.07. The van der Waals surface area contributed by atoms with Gasteiger partial charge in [-0.25, -0.2) is 0 Å². The van der Waals surface area contributed by atoms with Crippen molar-refractivity contribution in [3.8, 4) is 0 Å². The maximum absolute atomic E-state index is 13.6. The molecule has 36 heavy (non-hydrogen) atoms. The molecule has 2 amide bonds. The largest absolute Gasteiger partial charge is 0.345 e. The molecule has 0 aliphatic heterocycles. The third-order valence-electron chi connectivity index (χ3n) is 5.98. The minimum absolute atomic E-state index is 0.0269. The highest BCUT2D eigenvalue weighted by Crippen LogP contribution is 2.20. The van der Waals surface area contributed by atoms with Gasteiger partial charge in [-0.3, -0.25) is 9.59 Å². The molecule has 0 spiro atoms. The van der Waals surface area contributed by atoms with E-state index in [0.717, 1.165) is 34.0 Å². The van der Waals surface area contributed by atoms with Crippen LogP contribution in [0.2, 0.25) is 0 Å². The summed E-state index contributed by atoms with van der Waals surface area (Å²) in [7, 11) is 0. The highest BCUT2D eigenvalue weighted by molar-refractivity contribution is 9.10.